The Morgan fingerprint density at radius 2 is 1.92 bits per heavy atom. The first-order valence-electron chi connectivity index (χ1n) is 7.51. The maximum Gasteiger partial charge on any atom is 0.346 e. The molecule has 0 saturated carbocycles. The largest absolute Gasteiger partial charge is 0.493 e. The van der Waals surface area contributed by atoms with Crippen LogP contribution < -0.4 is 14.9 Å². The average Bonchev–Trinajstić information content (AvgIpc) is 2.63. The summed E-state index contributed by atoms with van der Waals surface area (Å²) >= 11 is 3.47. The molecule has 6 nitrogen and oxygen atoms in total. The number of rotatable bonds is 7. The number of benzene rings is 2. The van der Waals surface area contributed by atoms with Gasteiger partial charge in [0.1, 0.15) is 0 Å². The predicted molar refractivity (Wildman–Crippen MR) is 100 cm³/mol. The molecule has 0 aliphatic carbocycles. The fourth-order valence-corrected chi connectivity index (χ4v) is 2.42. The molecule has 132 valence electrons. The van der Waals surface area contributed by atoms with Crippen LogP contribution >= 0.6 is 15.9 Å². The molecule has 0 aliphatic rings. The zero-order chi connectivity index (χ0) is 18.2. The maximum absolute atomic E-state index is 11.5. The standard InChI is InChI=1S/C18H19BrN2O4/c1-12(18(22)24-3)25-17-10-15(19)13(9-16(17)23-2)11-20-21-14-7-5-4-6-8-14/h4-12,21H,1-3H3. The minimum atomic E-state index is -0.745. The summed E-state index contributed by atoms with van der Waals surface area (Å²) in [5.74, 6) is 0.455. The van der Waals surface area contributed by atoms with Gasteiger partial charge in [-0.15, -0.1) is 0 Å². The van der Waals surface area contributed by atoms with Gasteiger partial charge < -0.3 is 14.2 Å². The molecule has 0 fully saturated rings. The summed E-state index contributed by atoms with van der Waals surface area (Å²) in [6.07, 6.45) is 0.915. The van der Waals surface area contributed by atoms with Crippen LogP contribution in [0.2, 0.25) is 0 Å². The number of halogens is 1. The highest BCUT2D eigenvalue weighted by atomic mass is 79.9. The second-order valence-corrected chi connectivity index (χ2v) is 5.90. The van der Waals surface area contributed by atoms with E-state index in [1.54, 1.807) is 25.3 Å². The Hall–Kier alpha value is -2.54. The van der Waals surface area contributed by atoms with Gasteiger partial charge in [-0.25, -0.2) is 4.79 Å². The van der Waals surface area contributed by atoms with E-state index < -0.39 is 12.1 Å². The first-order chi connectivity index (χ1) is 12.0. The molecule has 2 aromatic rings. The number of para-hydroxylation sites is 1. The van der Waals surface area contributed by atoms with Crippen molar-refractivity contribution < 1.29 is 19.0 Å². The van der Waals surface area contributed by atoms with Crippen molar-refractivity contribution in [2.24, 2.45) is 5.10 Å². The summed E-state index contributed by atoms with van der Waals surface area (Å²) in [4.78, 5) is 11.5. The molecule has 0 aliphatic heterocycles. The van der Waals surface area contributed by atoms with Gasteiger partial charge in [0.15, 0.2) is 17.6 Å². The zero-order valence-corrected chi connectivity index (χ0v) is 15.7. The van der Waals surface area contributed by atoms with Gasteiger partial charge in [0.2, 0.25) is 0 Å². The van der Waals surface area contributed by atoms with Crippen LogP contribution in [-0.4, -0.2) is 32.5 Å². The molecule has 7 heteroatoms. The predicted octanol–water partition coefficient (Wildman–Crippen LogP) is 3.84. The molecule has 1 unspecified atom stereocenters. The second-order valence-electron chi connectivity index (χ2n) is 5.04. The zero-order valence-electron chi connectivity index (χ0n) is 14.2. The van der Waals surface area contributed by atoms with E-state index >= 15 is 0 Å². The van der Waals surface area contributed by atoms with Crippen LogP contribution in [0, 0.1) is 0 Å². The van der Waals surface area contributed by atoms with Crippen molar-refractivity contribution in [1.29, 1.82) is 0 Å². The third-order valence-corrected chi connectivity index (χ3v) is 3.98. The molecule has 0 saturated heterocycles. The van der Waals surface area contributed by atoms with Crippen LogP contribution in [0.3, 0.4) is 0 Å². The number of hydrogen-bond donors (Lipinski definition) is 1. The van der Waals surface area contributed by atoms with Gasteiger partial charge in [0, 0.05) is 10.0 Å². The van der Waals surface area contributed by atoms with Gasteiger partial charge in [-0.05, 0) is 47.1 Å². The Balaban J connectivity index is 2.16. The number of hydrazone groups is 1. The number of nitrogens with one attached hydrogen (secondary N) is 1. The molecule has 0 spiro atoms. The first kappa shape index (κ1) is 18.8. The third kappa shape index (κ3) is 5.22. The molecule has 0 bridgehead atoms. The number of nitrogens with zero attached hydrogens (tertiary/aromatic N) is 1. The molecule has 0 aromatic heterocycles. The van der Waals surface area contributed by atoms with E-state index in [1.807, 2.05) is 30.3 Å². The Morgan fingerprint density at radius 1 is 1.20 bits per heavy atom. The Kier molecular flexibility index (Phi) is 6.82. The van der Waals surface area contributed by atoms with Crippen LogP contribution in [-0.2, 0) is 9.53 Å². The first-order valence-corrected chi connectivity index (χ1v) is 8.30. The highest BCUT2D eigenvalue weighted by molar-refractivity contribution is 9.10. The summed E-state index contributed by atoms with van der Waals surface area (Å²) in [5.41, 5.74) is 4.62. The van der Waals surface area contributed by atoms with Gasteiger partial charge in [-0.2, -0.15) is 5.10 Å². The fourth-order valence-electron chi connectivity index (χ4n) is 1.99. The lowest BCUT2D eigenvalue weighted by atomic mass is 10.2. The average molecular weight is 407 g/mol. The van der Waals surface area contributed by atoms with Crippen molar-refractivity contribution in [3.63, 3.8) is 0 Å². The van der Waals surface area contributed by atoms with E-state index in [2.05, 4.69) is 31.2 Å². The molecular formula is C18H19BrN2O4. The van der Waals surface area contributed by atoms with E-state index in [-0.39, 0.29) is 0 Å². The quantitative estimate of drug-likeness (QED) is 0.429. The monoisotopic (exact) mass is 406 g/mol. The van der Waals surface area contributed by atoms with E-state index in [0.29, 0.717) is 11.5 Å². The fraction of sp³-hybridized carbons (Fsp3) is 0.222. The second kappa shape index (κ2) is 9.08. The topological polar surface area (TPSA) is 69.2 Å². The summed E-state index contributed by atoms with van der Waals surface area (Å²) in [6.45, 7) is 1.61. The summed E-state index contributed by atoms with van der Waals surface area (Å²) in [6, 6.07) is 13.1. The van der Waals surface area contributed by atoms with Gasteiger partial charge in [-0.1, -0.05) is 18.2 Å². The number of anilines is 1. The van der Waals surface area contributed by atoms with Gasteiger partial charge >= 0.3 is 5.97 Å². The summed E-state index contributed by atoms with van der Waals surface area (Å²) < 4.78 is 16.4. The normalized spacial score (nSPS) is 11.8. The number of methoxy groups -OCH3 is 2. The van der Waals surface area contributed by atoms with Crippen molar-refractivity contribution in [2.75, 3.05) is 19.6 Å². The number of carbonyl (C=O) groups excluding carboxylic acids is 1. The molecule has 2 aromatic carbocycles. The van der Waals surface area contributed by atoms with Crippen molar-refractivity contribution in [3.05, 3.63) is 52.5 Å². The Labute approximate surface area is 154 Å². The maximum atomic E-state index is 11.5. The van der Waals surface area contributed by atoms with Crippen molar-refractivity contribution >= 4 is 33.8 Å². The van der Waals surface area contributed by atoms with Gasteiger partial charge in [-0.3, -0.25) is 5.43 Å². The smallest absolute Gasteiger partial charge is 0.346 e. The van der Waals surface area contributed by atoms with Crippen LogP contribution in [0.4, 0.5) is 5.69 Å². The van der Waals surface area contributed by atoms with Crippen LogP contribution in [0.5, 0.6) is 11.5 Å². The molecule has 2 rings (SSSR count). The lowest BCUT2D eigenvalue weighted by Crippen LogP contribution is -2.25. The van der Waals surface area contributed by atoms with Crippen molar-refractivity contribution in [1.82, 2.24) is 0 Å². The van der Waals surface area contributed by atoms with E-state index in [0.717, 1.165) is 15.7 Å². The van der Waals surface area contributed by atoms with E-state index in [4.69, 9.17) is 9.47 Å². The SMILES string of the molecule is COC(=O)C(C)Oc1cc(Br)c(C=NNc2ccccc2)cc1OC. The van der Waals surface area contributed by atoms with Gasteiger partial charge in [0.25, 0.3) is 0 Å². The lowest BCUT2D eigenvalue weighted by Gasteiger charge is -2.16. The van der Waals surface area contributed by atoms with Crippen LogP contribution in [0.25, 0.3) is 0 Å². The van der Waals surface area contributed by atoms with Crippen molar-refractivity contribution in [3.8, 4) is 11.5 Å². The number of carbonyl (C=O) groups is 1. The number of hydrogen-bond acceptors (Lipinski definition) is 6. The summed E-state index contributed by atoms with van der Waals surface area (Å²) in [5, 5.41) is 4.20. The minimum Gasteiger partial charge on any atom is -0.493 e. The molecule has 0 heterocycles. The number of ether oxygens (including phenoxy) is 3. The molecule has 1 N–H and O–H groups in total. The molecule has 25 heavy (non-hydrogen) atoms. The highest BCUT2D eigenvalue weighted by Gasteiger charge is 2.18. The van der Waals surface area contributed by atoms with Crippen LogP contribution in [0.1, 0.15) is 12.5 Å². The Morgan fingerprint density at radius 3 is 2.56 bits per heavy atom. The molecule has 0 amide bonds. The molecule has 0 radical (unpaired) electrons. The van der Waals surface area contributed by atoms with Gasteiger partial charge in [0.05, 0.1) is 26.1 Å². The van der Waals surface area contributed by atoms with Crippen molar-refractivity contribution in [2.45, 2.75) is 13.0 Å². The van der Waals surface area contributed by atoms with Crippen LogP contribution in [0.15, 0.2) is 52.0 Å². The lowest BCUT2D eigenvalue weighted by molar-refractivity contribution is -0.147. The molecule has 1 atom stereocenters. The summed E-state index contributed by atoms with van der Waals surface area (Å²) in [7, 11) is 2.84. The Bertz CT molecular complexity index is 750. The molecular weight excluding hydrogens is 388 g/mol. The van der Waals surface area contributed by atoms with E-state index in [9.17, 15) is 4.79 Å². The number of esters is 1. The highest BCUT2D eigenvalue weighted by Crippen LogP contribution is 2.33. The third-order valence-electron chi connectivity index (χ3n) is 3.29. The minimum absolute atomic E-state index is 0.431. The van der Waals surface area contributed by atoms with E-state index in [1.165, 1.54) is 14.2 Å².